The van der Waals surface area contributed by atoms with E-state index in [1.807, 2.05) is 18.2 Å². The maximum Gasteiger partial charge on any atom is 0.339 e. The molecule has 18 heavy (non-hydrogen) atoms. The van der Waals surface area contributed by atoms with Crippen LogP contribution in [0, 0.1) is 0 Å². The van der Waals surface area contributed by atoms with E-state index in [4.69, 9.17) is 10.2 Å². The Hall–Kier alpha value is -2.14. The highest BCUT2D eigenvalue weighted by Crippen LogP contribution is 2.26. The fourth-order valence-electron chi connectivity index (χ4n) is 1.75. The minimum absolute atomic E-state index is 0.0737. The number of fused-ring (bicyclic) bond motifs is 1. The summed E-state index contributed by atoms with van der Waals surface area (Å²) >= 11 is 0. The van der Waals surface area contributed by atoms with Crippen LogP contribution in [0.25, 0.3) is 10.9 Å². The summed E-state index contributed by atoms with van der Waals surface area (Å²) in [5.74, 6) is -1.04. The van der Waals surface area contributed by atoms with Crippen LogP contribution in [0.2, 0.25) is 0 Å². The number of hydrogen-bond acceptors (Lipinski definition) is 4. The molecule has 1 unspecified atom stereocenters. The lowest BCUT2D eigenvalue weighted by atomic mass is 10.1. The van der Waals surface area contributed by atoms with Gasteiger partial charge in [-0.1, -0.05) is 18.2 Å². The molecule has 0 aliphatic rings. The van der Waals surface area contributed by atoms with Gasteiger partial charge in [0.1, 0.15) is 5.56 Å². The van der Waals surface area contributed by atoms with Crippen LogP contribution in [-0.2, 0) is 0 Å². The SMILES string of the molecule is CC(CO)Nc1c(C(=O)O)cnc2ccccc12. The van der Waals surface area contributed by atoms with E-state index >= 15 is 0 Å². The van der Waals surface area contributed by atoms with Crippen LogP contribution < -0.4 is 5.32 Å². The number of rotatable bonds is 4. The highest BCUT2D eigenvalue weighted by molar-refractivity contribution is 6.04. The first-order valence-electron chi connectivity index (χ1n) is 5.62. The van der Waals surface area contributed by atoms with Gasteiger partial charge in [0.05, 0.1) is 17.8 Å². The third kappa shape index (κ3) is 2.26. The van der Waals surface area contributed by atoms with Crippen molar-refractivity contribution in [2.75, 3.05) is 11.9 Å². The Labute approximate surface area is 104 Å². The van der Waals surface area contributed by atoms with Gasteiger partial charge in [0.2, 0.25) is 0 Å². The lowest BCUT2D eigenvalue weighted by Crippen LogP contribution is -2.21. The molecule has 0 spiro atoms. The Morgan fingerprint density at radius 2 is 2.17 bits per heavy atom. The van der Waals surface area contributed by atoms with Gasteiger partial charge in [0.25, 0.3) is 0 Å². The smallest absolute Gasteiger partial charge is 0.339 e. The number of carboxylic acids is 1. The summed E-state index contributed by atoms with van der Waals surface area (Å²) in [5, 5.41) is 22.0. The minimum atomic E-state index is -1.04. The number of nitrogens with zero attached hydrogens (tertiary/aromatic N) is 1. The molecule has 5 heteroatoms. The first kappa shape index (κ1) is 12.3. The van der Waals surface area contributed by atoms with E-state index in [9.17, 15) is 4.79 Å². The maximum atomic E-state index is 11.2. The second-order valence-electron chi connectivity index (χ2n) is 4.10. The molecule has 94 valence electrons. The van der Waals surface area contributed by atoms with Crippen molar-refractivity contribution >= 4 is 22.6 Å². The number of aliphatic hydroxyl groups excluding tert-OH is 1. The zero-order chi connectivity index (χ0) is 13.1. The molecule has 0 aliphatic heterocycles. The average molecular weight is 246 g/mol. The van der Waals surface area contributed by atoms with E-state index in [2.05, 4.69) is 10.3 Å². The molecular weight excluding hydrogens is 232 g/mol. The second kappa shape index (κ2) is 5.01. The number of benzene rings is 1. The molecule has 2 aromatic rings. The van der Waals surface area contributed by atoms with Crippen LogP contribution in [0.15, 0.2) is 30.5 Å². The molecule has 5 nitrogen and oxygen atoms in total. The molecule has 2 rings (SSSR count). The van der Waals surface area contributed by atoms with E-state index in [0.717, 1.165) is 10.9 Å². The van der Waals surface area contributed by atoms with E-state index in [1.54, 1.807) is 13.0 Å². The molecule has 0 aliphatic carbocycles. The van der Waals surface area contributed by atoms with Gasteiger partial charge >= 0.3 is 5.97 Å². The van der Waals surface area contributed by atoms with Gasteiger partial charge in [0, 0.05) is 17.6 Å². The quantitative estimate of drug-likeness (QED) is 0.765. The first-order valence-corrected chi connectivity index (χ1v) is 5.62. The third-order valence-corrected chi connectivity index (χ3v) is 2.67. The first-order chi connectivity index (χ1) is 8.63. The van der Waals surface area contributed by atoms with Gasteiger partial charge in [-0.3, -0.25) is 4.98 Å². The summed E-state index contributed by atoms with van der Waals surface area (Å²) in [6, 6.07) is 7.06. The van der Waals surface area contributed by atoms with Crippen molar-refractivity contribution < 1.29 is 15.0 Å². The van der Waals surface area contributed by atoms with Gasteiger partial charge in [-0.2, -0.15) is 0 Å². The van der Waals surface area contributed by atoms with Crippen molar-refractivity contribution in [3.63, 3.8) is 0 Å². The van der Waals surface area contributed by atoms with Crippen LogP contribution >= 0.6 is 0 Å². The number of carboxylic acid groups (broad SMARTS) is 1. The summed E-state index contributed by atoms with van der Waals surface area (Å²) < 4.78 is 0. The molecule has 0 fully saturated rings. The normalized spacial score (nSPS) is 12.3. The number of carbonyl (C=O) groups is 1. The number of aliphatic hydroxyl groups is 1. The third-order valence-electron chi connectivity index (χ3n) is 2.67. The number of hydrogen-bond donors (Lipinski definition) is 3. The van der Waals surface area contributed by atoms with Gasteiger partial charge in [-0.15, -0.1) is 0 Å². The van der Waals surface area contributed by atoms with Crippen LogP contribution in [0.5, 0.6) is 0 Å². The van der Waals surface area contributed by atoms with Crippen molar-refractivity contribution in [2.24, 2.45) is 0 Å². The van der Waals surface area contributed by atoms with E-state index in [-0.39, 0.29) is 18.2 Å². The van der Waals surface area contributed by atoms with Crippen LogP contribution in [0.3, 0.4) is 0 Å². The monoisotopic (exact) mass is 246 g/mol. The standard InChI is InChI=1S/C13H14N2O3/c1-8(7-16)15-12-9-4-2-3-5-11(9)14-6-10(12)13(17)18/h2-6,8,16H,7H2,1H3,(H,14,15)(H,17,18). The Kier molecular flexibility index (Phi) is 3.43. The summed E-state index contributed by atoms with van der Waals surface area (Å²) in [6.45, 7) is 1.70. The average Bonchev–Trinajstić information content (AvgIpc) is 2.38. The van der Waals surface area contributed by atoms with E-state index < -0.39 is 5.97 Å². The molecular formula is C13H14N2O3. The fourth-order valence-corrected chi connectivity index (χ4v) is 1.75. The number of aromatic carboxylic acids is 1. The molecule has 0 bridgehead atoms. The predicted octanol–water partition coefficient (Wildman–Crippen LogP) is 1.73. The molecule has 0 saturated carbocycles. The molecule has 3 N–H and O–H groups in total. The predicted molar refractivity (Wildman–Crippen MR) is 68.9 cm³/mol. The van der Waals surface area contributed by atoms with Gasteiger partial charge in [0.15, 0.2) is 0 Å². The van der Waals surface area contributed by atoms with Crippen molar-refractivity contribution in [3.05, 3.63) is 36.0 Å². The number of para-hydroxylation sites is 1. The second-order valence-corrected chi connectivity index (χ2v) is 4.10. The zero-order valence-electron chi connectivity index (χ0n) is 9.92. The Morgan fingerprint density at radius 3 is 2.83 bits per heavy atom. The number of nitrogens with one attached hydrogen (secondary N) is 1. The van der Waals surface area contributed by atoms with Crippen LogP contribution in [0.4, 0.5) is 5.69 Å². The number of pyridine rings is 1. The fraction of sp³-hybridized carbons (Fsp3) is 0.231. The molecule has 1 heterocycles. The molecule has 1 aromatic carbocycles. The lowest BCUT2D eigenvalue weighted by Gasteiger charge is -2.16. The lowest BCUT2D eigenvalue weighted by molar-refractivity contribution is 0.0697. The largest absolute Gasteiger partial charge is 0.478 e. The Balaban J connectivity index is 2.62. The van der Waals surface area contributed by atoms with Crippen molar-refractivity contribution in [3.8, 4) is 0 Å². The summed E-state index contributed by atoms with van der Waals surface area (Å²) in [5.41, 5.74) is 1.32. The van der Waals surface area contributed by atoms with E-state index in [1.165, 1.54) is 6.20 Å². The Morgan fingerprint density at radius 1 is 1.44 bits per heavy atom. The van der Waals surface area contributed by atoms with Gasteiger partial charge in [-0.05, 0) is 13.0 Å². The molecule has 1 atom stereocenters. The van der Waals surface area contributed by atoms with Gasteiger partial charge in [-0.25, -0.2) is 4.79 Å². The molecule has 0 amide bonds. The van der Waals surface area contributed by atoms with Crippen molar-refractivity contribution in [2.45, 2.75) is 13.0 Å². The molecule has 0 radical (unpaired) electrons. The summed E-state index contributed by atoms with van der Waals surface area (Å²) in [6.07, 6.45) is 1.33. The number of anilines is 1. The van der Waals surface area contributed by atoms with E-state index in [0.29, 0.717) is 5.69 Å². The molecule has 0 saturated heterocycles. The van der Waals surface area contributed by atoms with Crippen molar-refractivity contribution in [1.82, 2.24) is 4.98 Å². The topological polar surface area (TPSA) is 82.5 Å². The van der Waals surface area contributed by atoms with Crippen LogP contribution in [-0.4, -0.2) is 33.8 Å². The highest BCUT2D eigenvalue weighted by atomic mass is 16.4. The maximum absolute atomic E-state index is 11.2. The summed E-state index contributed by atoms with van der Waals surface area (Å²) in [4.78, 5) is 15.3. The number of aromatic nitrogens is 1. The highest BCUT2D eigenvalue weighted by Gasteiger charge is 2.15. The van der Waals surface area contributed by atoms with Crippen molar-refractivity contribution in [1.29, 1.82) is 0 Å². The Bertz CT molecular complexity index is 583. The zero-order valence-corrected chi connectivity index (χ0v) is 9.92. The van der Waals surface area contributed by atoms with Crippen LogP contribution in [0.1, 0.15) is 17.3 Å². The summed E-state index contributed by atoms with van der Waals surface area (Å²) in [7, 11) is 0. The molecule has 1 aromatic heterocycles. The van der Waals surface area contributed by atoms with Gasteiger partial charge < -0.3 is 15.5 Å². The minimum Gasteiger partial charge on any atom is -0.478 e.